The van der Waals surface area contributed by atoms with Crippen LogP contribution in [-0.4, -0.2) is 24.6 Å². The van der Waals surface area contributed by atoms with Gasteiger partial charge in [0.25, 0.3) is 0 Å². The highest BCUT2D eigenvalue weighted by atomic mass is 16.5. The van der Waals surface area contributed by atoms with Crippen molar-refractivity contribution in [2.45, 2.75) is 25.4 Å². The SMILES string of the molecule is C=CC(=O)OC1CCC2COC(=O)C2C1. The van der Waals surface area contributed by atoms with Crippen LogP contribution in [0.25, 0.3) is 0 Å². The van der Waals surface area contributed by atoms with Crippen LogP contribution < -0.4 is 0 Å². The Balaban J connectivity index is 1.93. The van der Waals surface area contributed by atoms with Gasteiger partial charge in [0.15, 0.2) is 0 Å². The lowest BCUT2D eigenvalue weighted by molar-refractivity contribution is -0.149. The average molecular weight is 210 g/mol. The van der Waals surface area contributed by atoms with Crippen LogP contribution in [0.15, 0.2) is 12.7 Å². The maximum absolute atomic E-state index is 11.3. The van der Waals surface area contributed by atoms with Crippen molar-refractivity contribution < 1.29 is 19.1 Å². The highest BCUT2D eigenvalue weighted by Gasteiger charge is 2.42. The van der Waals surface area contributed by atoms with Crippen LogP contribution in [0.4, 0.5) is 0 Å². The van der Waals surface area contributed by atoms with E-state index in [1.807, 2.05) is 0 Å². The van der Waals surface area contributed by atoms with Gasteiger partial charge in [-0.3, -0.25) is 4.79 Å². The van der Waals surface area contributed by atoms with Crippen molar-refractivity contribution in [3.8, 4) is 0 Å². The molecule has 0 aromatic heterocycles. The summed E-state index contributed by atoms with van der Waals surface area (Å²) in [5, 5.41) is 0. The van der Waals surface area contributed by atoms with E-state index in [4.69, 9.17) is 9.47 Å². The minimum absolute atomic E-state index is 0.0682. The number of cyclic esters (lactones) is 1. The zero-order valence-electron chi connectivity index (χ0n) is 8.48. The first-order valence-electron chi connectivity index (χ1n) is 5.20. The van der Waals surface area contributed by atoms with E-state index in [0.717, 1.165) is 18.9 Å². The number of hydrogen-bond donors (Lipinski definition) is 0. The molecule has 1 aliphatic heterocycles. The molecule has 4 nitrogen and oxygen atoms in total. The fourth-order valence-electron chi connectivity index (χ4n) is 2.30. The van der Waals surface area contributed by atoms with E-state index in [0.29, 0.717) is 18.9 Å². The van der Waals surface area contributed by atoms with Gasteiger partial charge in [0.05, 0.1) is 12.5 Å². The molecule has 1 aliphatic carbocycles. The summed E-state index contributed by atoms with van der Waals surface area (Å²) in [6.45, 7) is 3.87. The summed E-state index contributed by atoms with van der Waals surface area (Å²) in [5.41, 5.74) is 0. The molecule has 1 saturated heterocycles. The zero-order valence-corrected chi connectivity index (χ0v) is 8.48. The summed E-state index contributed by atoms with van der Waals surface area (Å²) in [6, 6.07) is 0. The number of hydrogen-bond acceptors (Lipinski definition) is 4. The maximum Gasteiger partial charge on any atom is 0.330 e. The molecule has 3 unspecified atom stereocenters. The second-order valence-corrected chi connectivity index (χ2v) is 4.07. The van der Waals surface area contributed by atoms with E-state index in [2.05, 4.69) is 6.58 Å². The monoisotopic (exact) mass is 210 g/mol. The molecule has 2 fully saturated rings. The Hall–Kier alpha value is -1.32. The summed E-state index contributed by atoms with van der Waals surface area (Å²) in [7, 11) is 0. The number of ether oxygens (including phenoxy) is 2. The highest BCUT2D eigenvalue weighted by Crippen LogP contribution is 2.36. The second kappa shape index (κ2) is 4.04. The Labute approximate surface area is 88.2 Å². The number of fused-ring (bicyclic) bond motifs is 1. The first kappa shape index (κ1) is 10.2. The number of esters is 2. The van der Waals surface area contributed by atoms with Crippen LogP contribution >= 0.6 is 0 Å². The Bertz CT molecular complexity index is 297. The predicted molar refractivity (Wildman–Crippen MR) is 51.9 cm³/mol. The van der Waals surface area contributed by atoms with Gasteiger partial charge in [-0.1, -0.05) is 6.58 Å². The van der Waals surface area contributed by atoms with Crippen molar-refractivity contribution in [3.63, 3.8) is 0 Å². The zero-order chi connectivity index (χ0) is 10.8. The van der Waals surface area contributed by atoms with Crippen molar-refractivity contribution >= 4 is 11.9 Å². The van der Waals surface area contributed by atoms with Gasteiger partial charge >= 0.3 is 11.9 Å². The molecule has 4 heteroatoms. The van der Waals surface area contributed by atoms with Gasteiger partial charge in [-0.2, -0.15) is 0 Å². The lowest BCUT2D eigenvalue weighted by Crippen LogP contribution is -2.31. The molecule has 3 atom stereocenters. The summed E-state index contributed by atoms with van der Waals surface area (Å²) in [4.78, 5) is 22.3. The Morgan fingerprint density at radius 1 is 1.53 bits per heavy atom. The van der Waals surface area contributed by atoms with Crippen molar-refractivity contribution in [2.24, 2.45) is 11.8 Å². The molecule has 82 valence electrons. The van der Waals surface area contributed by atoms with E-state index in [-0.39, 0.29) is 18.0 Å². The van der Waals surface area contributed by atoms with Gasteiger partial charge in [0.2, 0.25) is 0 Å². The van der Waals surface area contributed by atoms with E-state index < -0.39 is 5.97 Å². The van der Waals surface area contributed by atoms with Gasteiger partial charge in [-0.25, -0.2) is 4.79 Å². The van der Waals surface area contributed by atoms with Crippen molar-refractivity contribution in [1.29, 1.82) is 0 Å². The molecule has 1 saturated carbocycles. The quantitative estimate of drug-likeness (QED) is 0.505. The van der Waals surface area contributed by atoms with Crippen LogP contribution in [0.2, 0.25) is 0 Å². The molecule has 0 radical (unpaired) electrons. The highest BCUT2D eigenvalue weighted by molar-refractivity contribution is 5.81. The smallest absolute Gasteiger partial charge is 0.330 e. The van der Waals surface area contributed by atoms with E-state index >= 15 is 0 Å². The molecule has 0 spiro atoms. The van der Waals surface area contributed by atoms with Crippen molar-refractivity contribution in [2.75, 3.05) is 6.61 Å². The van der Waals surface area contributed by atoms with Crippen LogP contribution in [0.1, 0.15) is 19.3 Å². The second-order valence-electron chi connectivity index (χ2n) is 4.07. The molecule has 0 N–H and O–H groups in total. The molecule has 0 aromatic rings. The van der Waals surface area contributed by atoms with Crippen LogP contribution in [0, 0.1) is 11.8 Å². The van der Waals surface area contributed by atoms with Gasteiger partial charge in [-0.05, 0) is 19.3 Å². The van der Waals surface area contributed by atoms with Crippen LogP contribution in [0.5, 0.6) is 0 Å². The topological polar surface area (TPSA) is 52.6 Å². The minimum atomic E-state index is -0.412. The van der Waals surface area contributed by atoms with Gasteiger partial charge in [0.1, 0.15) is 6.10 Å². The lowest BCUT2D eigenvalue weighted by atomic mass is 9.80. The minimum Gasteiger partial charge on any atom is -0.465 e. The normalized spacial score (nSPS) is 34.1. The predicted octanol–water partition coefficient (Wildman–Crippen LogP) is 1.06. The molecule has 0 amide bonds. The maximum atomic E-state index is 11.3. The van der Waals surface area contributed by atoms with Gasteiger partial charge in [0, 0.05) is 12.0 Å². The van der Waals surface area contributed by atoms with Crippen LogP contribution in [-0.2, 0) is 19.1 Å². The molecule has 15 heavy (non-hydrogen) atoms. The van der Waals surface area contributed by atoms with E-state index in [9.17, 15) is 9.59 Å². The molecule has 1 heterocycles. The van der Waals surface area contributed by atoms with Crippen molar-refractivity contribution in [3.05, 3.63) is 12.7 Å². The summed E-state index contributed by atoms with van der Waals surface area (Å²) in [5.74, 6) is -0.290. The summed E-state index contributed by atoms with van der Waals surface area (Å²) >= 11 is 0. The first-order valence-corrected chi connectivity index (χ1v) is 5.20. The van der Waals surface area contributed by atoms with Crippen molar-refractivity contribution in [1.82, 2.24) is 0 Å². The largest absolute Gasteiger partial charge is 0.465 e. The average Bonchev–Trinajstić information content (AvgIpc) is 2.60. The Morgan fingerprint density at radius 3 is 3.07 bits per heavy atom. The lowest BCUT2D eigenvalue weighted by Gasteiger charge is -2.27. The number of rotatable bonds is 2. The third-order valence-electron chi connectivity index (χ3n) is 3.14. The van der Waals surface area contributed by atoms with E-state index in [1.54, 1.807) is 0 Å². The third-order valence-corrected chi connectivity index (χ3v) is 3.14. The fraction of sp³-hybridized carbons (Fsp3) is 0.636. The first-order chi connectivity index (χ1) is 7.20. The molecule has 0 bridgehead atoms. The van der Waals surface area contributed by atoms with Gasteiger partial charge < -0.3 is 9.47 Å². The summed E-state index contributed by atoms with van der Waals surface area (Å²) in [6.07, 6.45) is 3.31. The summed E-state index contributed by atoms with van der Waals surface area (Å²) < 4.78 is 10.1. The molecule has 2 aliphatic rings. The number of carbonyl (C=O) groups excluding carboxylic acids is 2. The third kappa shape index (κ3) is 2.03. The standard InChI is InChI=1S/C11H14O4/c1-2-10(12)15-8-4-3-7-6-14-11(13)9(7)5-8/h2,7-9H,1,3-6H2. The number of carbonyl (C=O) groups is 2. The van der Waals surface area contributed by atoms with Gasteiger partial charge in [-0.15, -0.1) is 0 Å². The molecule has 2 rings (SSSR count). The molecular formula is C11H14O4. The van der Waals surface area contributed by atoms with Crippen LogP contribution in [0.3, 0.4) is 0 Å². The molecular weight excluding hydrogens is 196 g/mol. The fourth-order valence-corrected chi connectivity index (χ4v) is 2.30. The Morgan fingerprint density at radius 2 is 2.33 bits per heavy atom. The van der Waals surface area contributed by atoms with E-state index in [1.165, 1.54) is 0 Å². The molecule has 0 aromatic carbocycles. The Kier molecular flexibility index (Phi) is 2.75.